The van der Waals surface area contributed by atoms with Crippen LogP contribution in [0, 0.1) is 0 Å². The standard InChI is InChI=1S/C20H25NO4S/c1-15(20(23)16-7-9-17(22)10-8-16)21-13-11-19(12-14-21)26(24,25)18-5-3-2-4-6-18/h2-10,15,19-20,22-23H,11-14H2,1H3. The summed E-state index contributed by atoms with van der Waals surface area (Å²) in [6.45, 7) is 3.21. The van der Waals surface area contributed by atoms with Crippen molar-refractivity contribution in [3.63, 3.8) is 0 Å². The van der Waals surface area contributed by atoms with E-state index >= 15 is 0 Å². The molecule has 0 radical (unpaired) electrons. The zero-order valence-corrected chi connectivity index (χ0v) is 15.6. The van der Waals surface area contributed by atoms with Crippen LogP contribution < -0.4 is 0 Å². The number of aliphatic hydroxyl groups excluding tert-OH is 1. The molecule has 2 aromatic rings. The van der Waals surface area contributed by atoms with Crippen LogP contribution in [0.1, 0.15) is 31.4 Å². The lowest BCUT2D eigenvalue weighted by molar-refractivity contribution is 0.0476. The molecule has 1 aliphatic rings. The van der Waals surface area contributed by atoms with E-state index in [0.29, 0.717) is 30.8 Å². The maximum absolute atomic E-state index is 12.8. The summed E-state index contributed by atoms with van der Waals surface area (Å²) in [6.07, 6.45) is 0.436. The SMILES string of the molecule is CC(C(O)c1ccc(O)cc1)N1CCC(S(=O)(=O)c2ccccc2)CC1. The van der Waals surface area contributed by atoms with Crippen LogP contribution in [0.3, 0.4) is 0 Å². The monoisotopic (exact) mass is 375 g/mol. The molecule has 6 heteroatoms. The Balaban J connectivity index is 1.63. The molecular weight excluding hydrogens is 350 g/mol. The lowest BCUT2D eigenvalue weighted by Crippen LogP contribution is -2.45. The Kier molecular flexibility index (Phi) is 5.65. The van der Waals surface area contributed by atoms with Crippen molar-refractivity contribution in [2.24, 2.45) is 0 Å². The number of nitrogens with zero attached hydrogens (tertiary/aromatic N) is 1. The average Bonchev–Trinajstić information content (AvgIpc) is 2.68. The Morgan fingerprint density at radius 1 is 1.00 bits per heavy atom. The predicted octanol–water partition coefficient (Wildman–Crippen LogP) is 2.75. The fourth-order valence-corrected chi connectivity index (χ4v) is 5.30. The molecule has 140 valence electrons. The lowest BCUT2D eigenvalue weighted by Gasteiger charge is -2.37. The van der Waals surface area contributed by atoms with Gasteiger partial charge in [-0.3, -0.25) is 4.90 Å². The third-order valence-corrected chi connectivity index (χ3v) is 7.53. The summed E-state index contributed by atoms with van der Waals surface area (Å²) in [5, 5.41) is 19.6. The second kappa shape index (κ2) is 7.78. The first-order valence-corrected chi connectivity index (χ1v) is 10.4. The number of likely N-dealkylation sites (tertiary alicyclic amines) is 1. The van der Waals surface area contributed by atoms with Gasteiger partial charge in [0.05, 0.1) is 16.2 Å². The normalized spacial score (nSPS) is 19.2. The van der Waals surface area contributed by atoms with Gasteiger partial charge in [0.15, 0.2) is 9.84 Å². The van der Waals surface area contributed by atoms with Crippen molar-refractivity contribution in [3.8, 4) is 5.75 Å². The van der Waals surface area contributed by atoms with Crippen LogP contribution in [0.4, 0.5) is 0 Å². The molecule has 0 aliphatic carbocycles. The fraction of sp³-hybridized carbons (Fsp3) is 0.400. The number of benzene rings is 2. The first-order chi connectivity index (χ1) is 12.4. The molecule has 1 heterocycles. The van der Waals surface area contributed by atoms with Gasteiger partial charge in [0.25, 0.3) is 0 Å². The van der Waals surface area contributed by atoms with Crippen molar-refractivity contribution >= 4 is 9.84 Å². The molecule has 1 fully saturated rings. The molecule has 0 saturated carbocycles. The Hall–Kier alpha value is -1.89. The fourth-order valence-electron chi connectivity index (χ4n) is 3.55. The van der Waals surface area contributed by atoms with E-state index in [4.69, 9.17) is 0 Å². The van der Waals surface area contributed by atoms with Crippen LogP contribution in [-0.4, -0.2) is 47.9 Å². The molecule has 2 aromatic carbocycles. The highest BCUT2D eigenvalue weighted by Gasteiger charge is 2.34. The van der Waals surface area contributed by atoms with E-state index in [9.17, 15) is 18.6 Å². The van der Waals surface area contributed by atoms with Crippen LogP contribution in [0.15, 0.2) is 59.5 Å². The second-order valence-electron chi connectivity index (χ2n) is 6.87. The quantitative estimate of drug-likeness (QED) is 0.840. The Morgan fingerprint density at radius 3 is 2.15 bits per heavy atom. The molecule has 1 aliphatic heterocycles. The van der Waals surface area contributed by atoms with E-state index in [1.807, 2.05) is 13.0 Å². The van der Waals surface area contributed by atoms with Crippen LogP contribution in [0.5, 0.6) is 5.75 Å². The number of piperidine rings is 1. The van der Waals surface area contributed by atoms with Crippen molar-refractivity contribution in [1.29, 1.82) is 0 Å². The summed E-state index contributed by atoms with van der Waals surface area (Å²) in [7, 11) is -3.31. The van der Waals surface area contributed by atoms with Gasteiger partial charge in [-0.1, -0.05) is 30.3 Å². The number of phenolic OH excluding ortho intramolecular Hbond substituents is 1. The number of hydrogen-bond donors (Lipinski definition) is 2. The molecule has 26 heavy (non-hydrogen) atoms. The molecular formula is C20H25NO4S. The Labute approximate surface area is 154 Å². The highest BCUT2D eigenvalue weighted by molar-refractivity contribution is 7.92. The lowest BCUT2D eigenvalue weighted by atomic mass is 9.99. The molecule has 2 atom stereocenters. The van der Waals surface area contributed by atoms with Crippen molar-refractivity contribution in [3.05, 3.63) is 60.2 Å². The van der Waals surface area contributed by atoms with E-state index in [0.717, 1.165) is 5.56 Å². The smallest absolute Gasteiger partial charge is 0.181 e. The highest BCUT2D eigenvalue weighted by Crippen LogP contribution is 2.29. The summed E-state index contributed by atoms with van der Waals surface area (Å²) in [6, 6.07) is 15.0. The van der Waals surface area contributed by atoms with Gasteiger partial charge in [-0.2, -0.15) is 0 Å². The summed E-state index contributed by atoms with van der Waals surface area (Å²) in [5.74, 6) is 0.167. The van der Waals surface area contributed by atoms with Gasteiger partial charge >= 0.3 is 0 Å². The summed E-state index contributed by atoms with van der Waals surface area (Å²) in [5.41, 5.74) is 0.745. The maximum Gasteiger partial charge on any atom is 0.181 e. The van der Waals surface area contributed by atoms with Gasteiger partial charge in [0.2, 0.25) is 0 Å². The summed E-state index contributed by atoms with van der Waals surface area (Å²) >= 11 is 0. The molecule has 0 aromatic heterocycles. The van der Waals surface area contributed by atoms with Gasteiger partial charge < -0.3 is 10.2 Å². The summed E-state index contributed by atoms with van der Waals surface area (Å²) < 4.78 is 25.5. The number of rotatable bonds is 5. The average molecular weight is 375 g/mol. The molecule has 2 N–H and O–H groups in total. The summed E-state index contributed by atoms with van der Waals surface area (Å²) in [4.78, 5) is 2.52. The topological polar surface area (TPSA) is 77.8 Å². The van der Waals surface area contributed by atoms with Crippen molar-refractivity contribution in [1.82, 2.24) is 4.90 Å². The van der Waals surface area contributed by atoms with E-state index in [2.05, 4.69) is 4.90 Å². The minimum Gasteiger partial charge on any atom is -0.508 e. The van der Waals surface area contributed by atoms with E-state index in [-0.39, 0.29) is 17.0 Å². The molecule has 5 nitrogen and oxygen atoms in total. The molecule has 3 rings (SSSR count). The van der Waals surface area contributed by atoms with E-state index in [1.54, 1.807) is 48.5 Å². The Bertz CT molecular complexity index is 813. The molecule has 2 unspecified atom stereocenters. The van der Waals surface area contributed by atoms with Crippen LogP contribution in [-0.2, 0) is 9.84 Å². The van der Waals surface area contributed by atoms with Crippen molar-refractivity contribution < 1.29 is 18.6 Å². The number of aromatic hydroxyl groups is 1. The number of phenols is 1. The molecule has 0 amide bonds. The number of sulfone groups is 1. The number of aliphatic hydroxyl groups is 1. The largest absolute Gasteiger partial charge is 0.508 e. The minimum atomic E-state index is -3.31. The van der Waals surface area contributed by atoms with Crippen LogP contribution in [0.25, 0.3) is 0 Å². The van der Waals surface area contributed by atoms with Crippen LogP contribution in [0.2, 0.25) is 0 Å². The van der Waals surface area contributed by atoms with Crippen molar-refractivity contribution in [2.75, 3.05) is 13.1 Å². The second-order valence-corrected chi connectivity index (χ2v) is 9.10. The van der Waals surface area contributed by atoms with E-state index < -0.39 is 15.9 Å². The van der Waals surface area contributed by atoms with Crippen LogP contribution >= 0.6 is 0 Å². The van der Waals surface area contributed by atoms with Gasteiger partial charge in [0, 0.05) is 6.04 Å². The van der Waals surface area contributed by atoms with Gasteiger partial charge in [-0.25, -0.2) is 8.42 Å². The third kappa shape index (κ3) is 3.92. The zero-order valence-electron chi connectivity index (χ0n) is 14.8. The number of hydrogen-bond acceptors (Lipinski definition) is 5. The zero-order chi connectivity index (χ0) is 18.7. The highest BCUT2D eigenvalue weighted by atomic mass is 32.2. The van der Waals surface area contributed by atoms with E-state index in [1.165, 1.54) is 0 Å². The molecule has 0 spiro atoms. The third-order valence-electron chi connectivity index (χ3n) is 5.25. The maximum atomic E-state index is 12.8. The molecule has 0 bridgehead atoms. The molecule has 1 saturated heterocycles. The van der Waals surface area contributed by atoms with Gasteiger partial charge in [-0.15, -0.1) is 0 Å². The predicted molar refractivity (Wildman–Crippen MR) is 101 cm³/mol. The van der Waals surface area contributed by atoms with Crippen molar-refractivity contribution in [2.45, 2.75) is 42.1 Å². The first-order valence-electron chi connectivity index (χ1n) is 8.89. The van der Waals surface area contributed by atoms with Gasteiger partial charge in [-0.05, 0) is 62.7 Å². The van der Waals surface area contributed by atoms with Gasteiger partial charge in [0.1, 0.15) is 5.75 Å². The first kappa shape index (κ1) is 18.9. The minimum absolute atomic E-state index is 0.125. The Morgan fingerprint density at radius 2 is 1.58 bits per heavy atom.